The van der Waals surface area contributed by atoms with Crippen LogP contribution in [0.4, 0.5) is 10.3 Å². The number of alkyl halides is 1. The Morgan fingerprint density at radius 2 is 1.80 bits per heavy atom. The number of fused-ring (bicyclic) bond motifs is 5. The summed E-state index contributed by atoms with van der Waals surface area (Å²) in [5.74, 6) is -0.0929. The third-order valence-corrected chi connectivity index (χ3v) is 10.6. The molecular formula is C21H28FN11O9P2S2. The summed E-state index contributed by atoms with van der Waals surface area (Å²) in [7, 11) is 1.46. The first kappa shape index (κ1) is 33.2. The summed E-state index contributed by atoms with van der Waals surface area (Å²) in [5.41, 5.74) is 17.3. The highest BCUT2D eigenvalue weighted by Crippen LogP contribution is 2.59. The van der Waals surface area contributed by atoms with Crippen molar-refractivity contribution >= 4 is 74.1 Å². The van der Waals surface area contributed by atoms with Gasteiger partial charge in [-0.05, 0) is 6.72 Å². The Kier molecular flexibility index (Phi) is 8.95. The number of amidine groups is 1. The van der Waals surface area contributed by atoms with Crippen LogP contribution in [0.25, 0.3) is 11.2 Å². The third-order valence-electron chi connectivity index (χ3n) is 7.37. The third kappa shape index (κ3) is 6.05. The molecule has 7 N–H and O–H groups in total. The second-order valence-corrected chi connectivity index (χ2v) is 15.9. The number of nitrogens with one attached hydrogen (secondary N) is 1. The van der Waals surface area contributed by atoms with E-state index in [9.17, 15) is 13.9 Å². The number of aromatic amines is 1. The molecule has 0 amide bonds. The van der Waals surface area contributed by atoms with Gasteiger partial charge in [-0.2, -0.15) is 4.98 Å². The fraction of sp³-hybridized carbons (Fsp3) is 0.524. The number of thiol groups is 2. The van der Waals surface area contributed by atoms with E-state index in [0.717, 1.165) is 10.9 Å². The number of anilines is 1. The molecule has 20 nitrogen and oxygen atoms in total. The number of nitrogens with zero attached hydrogens (tertiary/aromatic N) is 7. The Hall–Kier alpha value is -2.69. The number of H-pyrrole nitrogens is 1. The van der Waals surface area contributed by atoms with Gasteiger partial charge in [0.2, 0.25) is 5.95 Å². The zero-order valence-electron chi connectivity index (χ0n) is 23.6. The highest BCUT2D eigenvalue weighted by Gasteiger charge is 2.54. The molecule has 46 heavy (non-hydrogen) atoms. The quantitative estimate of drug-likeness (QED) is 0.139. The summed E-state index contributed by atoms with van der Waals surface area (Å²) in [4.78, 5) is 36.1. The van der Waals surface area contributed by atoms with Crippen molar-refractivity contribution in [3.8, 4) is 0 Å². The highest BCUT2D eigenvalue weighted by atomic mass is 32.7. The summed E-state index contributed by atoms with van der Waals surface area (Å²) in [5, 5.41) is 0. The van der Waals surface area contributed by atoms with Crippen LogP contribution < -0.4 is 22.8 Å². The van der Waals surface area contributed by atoms with E-state index in [1.807, 2.05) is 0 Å². The van der Waals surface area contributed by atoms with Crippen molar-refractivity contribution < 1.29 is 41.1 Å². The molecule has 3 saturated heterocycles. The molecule has 0 aromatic carbocycles. The van der Waals surface area contributed by atoms with E-state index >= 15 is 4.39 Å². The fourth-order valence-corrected chi connectivity index (χ4v) is 8.19. The summed E-state index contributed by atoms with van der Waals surface area (Å²) >= 11 is 8.14. The molecule has 2 aromatic rings. The van der Waals surface area contributed by atoms with Crippen molar-refractivity contribution in [3.05, 3.63) is 28.2 Å². The standard InChI is InChI=1S/C21H28FN11O9P2S2/c1-26-15(24)11-16(27-2)32(5-28-11)20-14-10(23)8(40-20)4-38-43(35,45)41-13-9(22)7(3-37-44(36,46)42-14)39-19(13)33-6-29-12-17(33)30-21(25)31-18(12)34/h5-10,13-14,19-20H,1,3-4,23-24H2,2H3,(H,35,45)(H,36,46)(H3,25,30,31,34)/b15-11+,27-16+/t7-,8-,9-,10-,13-,14-,19-,20-,43-,44+/m1/s1. The minimum Gasteiger partial charge on any atom is -0.382 e. The molecule has 25 heteroatoms. The van der Waals surface area contributed by atoms with Crippen molar-refractivity contribution in [1.29, 1.82) is 0 Å². The summed E-state index contributed by atoms with van der Waals surface area (Å²) in [6.45, 7) is -6.57. The molecule has 4 aliphatic rings. The molecule has 0 radical (unpaired) electrons. The van der Waals surface area contributed by atoms with Gasteiger partial charge in [0, 0.05) is 7.05 Å². The van der Waals surface area contributed by atoms with Gasteiger partial charge < -0.3 is 26.7 Å². The number of aromatic nitrogens is 4. The number of rotatable bonds is 3. The molecular weight excluding hydrogens is 695 g/mol. The van der Waals surface area contributed by atoms with E-state index in [4.69, 9.17) is 44.8 Å². The van der Waals surface area contributed by atoms with Crippen LogP contribution in [-0.2, 0) is 36.7 Å². The van der Waals surface area contributed by atoms with Gasteiger partial charge >= 0.3 is 13.6 Å². The maximum atomic E-state index is 16.0. The van der Waals surface area contributed by atoms with Crippen LogP contribution in [0.3, 0.4) is 0 Å². The normalized spacial score (nSPS) is 40.5. The lowest BCUT2D eigenvalue weighted by molar-refractivity contribution is -0.0570. The number of nitrogen functional groups attached to an aromatic ring is 1. The Labute approximate surface area is 269 Å². The molecule has 2 aromatic heterocycles. The van der Waals surface area contributed by atoms with Crippen molar-refractivity contribution in [2.45, 2.75) is 49.1 Å². The van der Waals surface area contributed by atoms with E-state index in [2.05, 4.69) is 61.1 Å². The van der Waals surface area contributed by atoms with Crippen LogP contribution in [0, 0.1) is 0 Å². The number of ether oxygens (including phenoxy) is 2. The van der Waals surface area contributed by atoms with E-state index in [1.165, 1.54) is 18.3 Å². The Morgan fingerprint density at radius 1 is 1.15 bits per heavy atom. The second kappa shape index (κ2) is 12.4. The lowest BCUT2D eigenvalue weighted by Gasteiger charge is -2.30. The first-order valence-electron chi connectivity index (χ1n) is 13.2. The van der Waals surface area contributed by atoms with Crippen molar-refractivity contribution in [1.82, 2.24) is 24.4 Å². The van der Waals surface area contributed by atoms with Crippen LogP contribution >= 0.6 is 38.1 Å². The molecule has 0 spiro atoms. The van der Waals surface area contributed by atoms with Crippen molar-refractivity contribution in [2.24, 2.45) is 26.4 Å². The average Bonchev–Trinajstić information content (AvgIpc) is 3.75. The zero-order valence-corrected chi connectivity index (χ0v) is 27.2. The van der Waals surface area contributed by atoms with Gasteiger partial charge in [-0.15, -0.1) is 0 Å². The summed E-state index contributed by atoms with van der Waals surface area (Å²) in [6, 6.07) is -1.10. The maximum absolute atomic E-state index is 16.0. The van der Waals surface area contributed by atoms with Gasteiger partial charge in [0.15, 0.2) is 41.4 Å². The summed E-state index contributed by atoms with van der Waals surface area (Å²) in [6.07, 6.45) is -7.80. The van der Waals surface area contributed by atoms with Crippen LogP contribution in [0.2, 0.25) is 0 Å². The number of imidazole rings is 1. The first-order valence-corrected chi connectivity index (χ1v) is 18.6. The van der Waals surface area contributed by atoms with Gasteiger partial charge in [0.25, 0.3) is 5.56 Å². The number of nitrogens with two attached hydrogens (primary N) is 3. The molecule has 6 rings (SSSR count). The van der Waals surface area contributed by atoms with Crippen molar-refractivity contribution in [3.63, 3.8) is 0 Å². The number of hydrogen-bond donors (Lipinski definition) is 6. The largest absolute Gasteiger partial charge is 0.386 e. The van der Waals surface area contributed by atoms with Crippen LogP contribution in [0.1, 0.15) is 6.23 Å². The van der Waals surface area contributed by atoms with Crippen molar-refractivity contribution in [2.75, 3.05) is 26.0 Å². The minimum atomic E-state index is -4.41. The lowest BCUT2D eigenvalue weighted by atomic mass is 10.1. The molecule has 6 heterocycles. The van der Waals surface area contributed by atoms with Crippen LogP contribution in [0.15, 0.2) is 37.6 Å². The van der Waals surface area contributed by atoms with Crippen LogP contribution in [0.5, 0.6) is 0 Å². The lowest BCUT2D eigenvalue weighted by Crippen LogP contribution is -2.48. The van der Waals surface area contributed by atoms with E-state index in [1.54, 1.807) is 0 Å². The van der Waals surface area contributed by atoms with E-state index in [-0.39, 0.29) is 34.5 Å². The van der Waals surface area contributed by atoms with Crippen LogP contribution in [-0.4, -0.2) is 106 Å². The monoisotopic (exact) mass is 723 g/mol. The highest BCUT2D eigenvalue weighted by molar-refractivity contribution is 8.44. The maximum Gasteiger partial charge on any atom is 0.386 e. The molecule has 250 valence electrons. The number of aliphatic imine (C=N–C) groups is 3. The van der Waals surface area contributed by atoms with E-state index < -0.39 is 81.5 Å². The SMILES string of the molecule is C=N/C(N)=C1/N=CN([C@@H]2O[C@@H]3CO[P@@](=O)(S)O[C@@H]4[C@H](F)[C@@H](CO[P@](=O)(S)O[C@@H]2[C@@H]3N)O[C@H]4n2cnc3c(=O)[nH]c(N)nc32)/C1=N/C. The topological polar surface area (TPSA) is 271 Å². The number of halogens is 1. The Bertz CT molecular complexity index is 1810. The van der Waals surface area contributed by atoms with Gasteiger partial charge in [0.05, 0.1) is 31.9 Å². The molecule has 10 atom stereocenters. The number of hydrogen-bond acceptors (Lipinski definition) is 17. The molecule has 4 aliphatic heterocycles. The predicted molar refractivity (Wildman–Crippen MR) is 167 cm³/mol. The van der Waals surface area contributed by atoms with Gasteiger partial charge in [-0.1, -0.05) is 24.5 Å². The zero-order chi connectivity index (χ0) is 33.1. The van der Waals surface area contributed by atoms with Gasteiger partial charge in [0.1, 0.15) is 30.1 Å². The molecule has 3 fully saturated rings. The molecule has 0 aliphatic carbocycles. The molecule has 4 bridgehead atoms. The smallest absolute Gasteiger partial charge is 0.382 e. The molecule has 0 unspecified atom stereocenters. The Morgan fingerprint density at radius 3 is 2.48 bits per heavy atom. The second-order valence-electron chi connectivity index (χ2n) is 10.2. The molecule has 0 saturated carbocycles. The van der Waals surface area contributed by atoms with E-state index in [0.29, 0.717) is 0 Å². The average molecular weight is 724 g/mol. The Balaban J connectivity index is 1.32. The minimum absolute atomic E-state index is 0.0300. The fourth-order valence-electron chi connectivity index (χ4n) is 5.26. The van der Waals surface area contributed by atoms with Gasteiger partial charge in [-0.3, -0.25) is 42.3 Å². The van der Waals surface area contributed by atoms with Gasteiger partial charge in [-0.25, -0.2) is 28.5 Å². The summed E-state index contributed by atoms with van der Waals surface area (Å²) < 4.78 is 78.4. The first-order chi connectivity index (χ1) is 21.7. The predicted octanol–water partition coefficient (Wildman–Crippen LogP) is 0.0831.